The molecule has 0 spiro atoms. The highest BCUT2D eigenvalue weighted by Gasteiger charge is 2.38. The van der Waals surface area contributed by atoms with Gasteiger partial charge in [-0.1, -0.05) is 6.42 Å². The molecule has 2 fully saturated rings. The Balaban J connectivity index is 1.76. The molecule has 2 nitrogen and oxygen atoms in total. The van der Waals surface area contributed by atoms with Crippen molar-refractivity contribution < 1.29 is 0 Å². The molecule has 0 radical (unpaired) electrons. The standard InChI is InChI=1S/C10H20N2/c1-12(2)11-7-10-6-8-3-4-9(10)5-8/h8-11H,3-7H2,1-2H3. The zero-order chi connectivity index (χ0) is 8.55. The van der Waals surface area contributed by atoms with Gasteiger partial charge in [0.2, 0.25) is 0 Å². The molecule has 2 aliphatic carbocycles. The molecule has 3 atom stereocenters. The molecule has 2 aliphatic rings. The predicted molar refractivity (Wildman–Crippen MR) is 50.6 cm³/mol. The third-order valence-corrected chi connectivity index (χ3v) is 3.55. The van der Waals surface area contributed by atoms with Crippen LogP contribution in [-0.2, 0) is 0 Å². The number of rotatable bonds is 3. The molecule has 2 heteroatoms. The summed E-state index contributed by atoms with van der Waals surface area (Å²) in [7, 11) is 4.15. The zero-order valence-electron chi connectivity index (χ0n) is 8.21. The number of fused-ring (bicyclic) bond motifs is 2. The second kappa shape index (κ2) is 3.35. The Morgan fingerprint density at radius 1 is 1.25 bits per heavy atom. The predicted octanol–water partition coefficient (Wildman–Crippen LogP) is 1.49. The molecular weight excluding hydrogens is 148 g/mol. The van der Waals surface area contributed by atoms with E-state index in [4.69, 9.17) is 0 Å². The van der Waals surface area contributed by atoms with Crippen molar-refractivity contribution in [2.24, 2.45) is 17.8 Å². The van der Waals surface area contributed by atoms with Crippen LogP contribution >= 0.6 is 0 Å². The molecule has 0 amide bonds. The number of hydrogen-bond donors (Lipinski definition) is 1. The summed E-state index contributed by atoms with van der Waals surface area (Å²) in [4.78, 5) is 0. The molecule has 1 N–H and O–H groups in total. The molecule has 0 aromatic heterocycles. The van der Waals surface area contributed by atoms with Gasteiger partial charge in [0.05, 0.1) is 0 Å². The van der Waals surface area contributed by atoms with Crippen molar-refractivity contribution in [1.82, 2.24) is 10.4 Å². The number of hydrazine groups is 1. The Bertz CT molecular complexity index is 156. The van der Waals surface area contributed by atoms with Crippen LogP contribution in [0.25, 0.3) is 0 Å². The normalized spacial score (nSPS) is 39.8. The molecule has 0 aromatic rings. The molecule has 70 valence electrons. The number of hydrogen-bond acceptors (Lipinski definition) is 2. The highest BCUT2D eigenvalue weighted by Crippen LogP contribution is 2.47. The van der Waals surface area contributed by atoms with E-state index in [-0.39, 0.29) is 0 Å². The lowest BCUT2D eigenvalue weighted by Gasteiger charge is -2.23. The van der Waals surface area contributed by atoms with Crippen LogP contribution in [0.5, 0.6) is 0 Å². The van der Waals surface area contributed by atoms with E-state index in [1.54, 1.807) is 0 Å². The van der Waals surface area contributed by atoms with Gasteiger partial charge in [-0.2, -0.15) is 0 Å². The van der Waals surface area contributed by atoms with E-state index in [1.807, 2.05) is 0 Å². The quantitative estimate of drug-likeness (QED) is 0.642. The van der Waals surface area contributed by atoms with Crippen molar-refractivity contribution in [3.8, 4) is 0 Å². The first-order valence-electron chi connectivity index (χ1n) is 5.16. The third kappa shape index (κ3) is 1.64. The van der Waals surface area contributed by atoms with Crippen LogP contribution in [0.2, 0.25) is 0 Å². The fourth-order valence-corrected chi connectivity index (χ4v) is 2.93. The first-order valence-corrected chi connectivity index (χ1v) is 5.16. The summed E-state index contributed by atoms with van der Waals surface area (Å²) >= 11 is 0. The summed E-state index contributed by atoms with van der Waals surface area (Å²) in [6.45, 7) is 1.20. The topological polar surface area (TPSA) is 15.3 Å². The fraction of sp³-hybridized carbons (Fsp3) is 1.00. The van der Waals surface area contributed by atoms with Gasteiger partial charge >= 0.3 is 0 Å². The SMILES string of the molecule is CN(C)NCC1CC2CCC1C2. The minimum atomic E-state index is 0.978. The molecule has 0 aliphatic heterocycles. The molecule has 0 heterocycles. The van der Waals surface area contributed by atoms with Crippen LogP contribution in [-0.4, -0.2) is 25.6 Å². The highest BCUT2D eigenvalue weighted by molar-refractivity contribution is 4.90. The van der Waals surface area contributed by atoms with Crippen LogP contribution in [0.15, 0.2) is 0 Å². The molecule has 0 saturated heterocycles. The smallest absolute Gasteiger partial charge is 0.0133 e. The van der Waals surface area contributed by atoms with E-state index in [1.165, 1.54) is 32.2 Å². The van der Waals surface area contributed by atoms with E-state index < -0.39 is 0 Å². The van der Waals surface area contributed by atoms with Gasteiger partial charge in [0, 0.05) is 20.6 Å². The summed E-state index contributed by atoms with van der Waals surface area (Å²) in [5.41, 5.74) is 3.41. The Morgan fingerprint density at radius 2 is 2.08 bits per heavy atom. The van der Waals surface area contributed by atoms with Crippen LogP contribution in [0.3, 0.4) is 0 Å². The van der Waals surface area contributed by atoms with Crippen molar-refractivity contribution in [3.63, 3.8) is 0 Å². The second-order valence-electron chi connectivity index (χ2n) is 4.69. The maximum absolute atomic E-state index is 3.41. The van der Waals surface area contributed by atoms with Gasteiger partial charge in [-0.25, -0.2) is 0 Å². The summed E-state index contributed by atoms with van der Waals surface area (Å²) in [6, 6.07) is 0. The molecule has 2 saturated carbocycles. The van der Waals surface area contributed by atoms with Gasteiger partial charge in [0.25, 0.3) is 0 Å². The second-order valence-corrected chi connectivity index (χ2v) is 4.69. The maximum Gasteiger partial charge on any atom is 0.0133 e. The van der Waals surface area contributed by atoms with E-state index >= 15 is 0 Å². The summed E-state index contributed by atoms with van der Waals surface area (Å²) in [6.07, 6.45) is 6.04. The van der Waals surface area contributed by atoms with Crippen molar-refractivity contribution in [2.45, 2.75) is 25.7 Å². The Labute approximate surface area is 75.3 Å². The van der Waals surface area contributed by atoms with Crippen molar-refractivity contribution in [3.05, 3.63) is 0 Å². The minimum Gasteiger partial charge on any atom is -0.255 e. The van der Waals surface area contributed by atoms with Crippen LogP contribution in [0.4, 0.5) is 0 Å². The highest BCUT2D eigenvalue weighted by atomic mass is 15.5. The summed E-state index contributed by atoms with van der Waals surface area (Å²) < 4.78 is 0. The van der Waals surface area contributed by atoms with Gasteiger partial charge in [0.15, 0.2) is 0 Å². The molecule has 0 aromatic carbocycles. The first-order chi connectivity index (χ1) is 5.75. The molecule has 12 heavy (non-hydrogen) atoms. The minimum absolute atomic E-state index is 0.978. The summed E-state index contributed by atoms with van der Waals surface area (Å²) in [5.74, 6) is 3.12. The monoisotopic (exact) mass is 168 g/mol. The van der Waals surface area contributed by atoms with E-state index in [0.29, 0.717) is 0 Å². The van der Waals surface area contributed by atoms with Gasteiger partial charge in [-0.05, 0) is 37.0 Å². The lowest BCUT2D eigenvalue weighted by Crippen LogP contribution is -2.36. The Kier molecular flexibility index (Phi) is 2.37. The average molecular weight is 168 g/mol. The van der Waals surface area contributed by atoms with Crippen molar-refractivity contribution >= 4 is 0 Å². The van der Waals surface area contributed by atoms with Crippen molar-refractivity contribution in [2.75, 3.05) is 20.6 Å². The summed E-state index contributed by atoms with van der Waals surface area (Å²) in [5, 5.41) is 2.08. The Hall–Kier alpha value is -0.0800. The van der Waals surface area contributed by atoms with Crippen LogP contribution in [0, 0.1) is 17.8 Å². The van der Waals surface area contributed by atoms with Gasteiger partial charge < -0.3 is 0 Å². The van der Waals surface area contributed by atoms with E-state index in [9.17, 15) is 0 Å². The lowest BCUT2D eigenvalue weighted by molar-refractivity contribution is 0.225. The molecule has 3 unspecified atom stereocenters. The third-order valence-electron chi connectivity index (χ3n) is 3.55. The van der Waals surface area contributed by atoms with Gasteiger partial charge in [0.1, 0.15) is 0 Å². The van der Waals surface area contributed by atoms with Crippen LogP contribution < -0.4 is 5.43 Å². The zero-order valence-corrected chi connectivity index (χ0v) is 8.21. The average Bonchev–Trinajstić information content (AvgIpc) is 2.60. The largest absolute Gasteiger partial charge is 0.255 e. The molecule has 2 bridgehead atoms. The number of nitrogens with zero attached hydrogens (tertiary/aromatic N) is 1. The van der Waals surface area contributed by atoms with Gasteiger partial charge in [-0.3, -0.25) is 10.4 Å². The van der Waals surface area contributed by atoms with Crippen LogP contribution in [0.1, 0.15) is 25.7 Å². The molecule has 2 rings (SSSR count). The maximum atomic E-state index is 3.41. The van der Waals surface area contributed by atoms with E-state index in [2.05, 4.69) is 24.5 Å². The lowest BCUT2D eigenvalue weighted by atomic mass is 9.89. The first kappa shape index (κ1) is 8.52. The Morgan fingerprint density at radius 3 is 2.58 bits per heavy atom. The fourth-order valence-electron chi connectivity index (χ4n) is 2.93. The number of nitrogens with one attached hydrogen (secondary N) is 1. The van der Waals surface area contributed by atoms with E-state index in [0.717, 1.165) is 17.8 Å². The van der Waals surface area contributed by atoms with Crippen molar-refractivity contribution in [1.29, 1.82) is 0 Å². The van der Waals surface area contributed by atoms with Gasteiger partial charge in [-0.15, -0.1) is 0 Å². The molecular formula is C10H20N2.